The summed E-state index contributed by atoms with van der Waals surface area (Å²) in [7, 11) is 0. The lowest BCUT2D eigenvalue weighted by Gasteiger charge is -2.08. The van der Waals surface area contributed by atoms with E-state index >= 15 is 0 Å². The van der Waals surface area contributed by atoms with Crippen LogP contribution in [0.25, 0.3) is 0 Å². The Hall–Kier alpha value is -4.18. The molecule has 5 N–H and O–H groups in total. The molecule has 1 aliphatic rings. The first-order valence-electron chi connectivity index (χ1n) is 9.75. The third-order valence-electron chi connectivity index (χ3n) is 4.77. The average molecular weight is 415 g/mol. The Morgan fingerprint density at radius 1 is 1.06 bits per heavy atom. The number of aryl methyl sites for hydroxylation is 1. The maximum atomic E-state index is 5.92. The van der Waals surface area contributed by atoms with Crippen molar-refractivity contribution in [2.75, 3.05) is 16.6 Å². The minimum Gasteiger partial charge on any atom is -0.437 e. The lowest BCUT2D eigenvalue weighted by atomic mass is 10.1. The van der Waals surface area contributed by atoms with E-state index in [-0.39, 0.29) is 0 Å². The molecule has 0 atom stereocenters. The molecule has 0 amide bonds. The molecule has 0 radical (unpaired) electrons. The molecule has 1 aliphatic heterocycles. The van der Waals surface area contributed by atoms with Crippen LogP contribution in [0.15, 0.2) is 55.1 Å². The number of hydrogen-bond donors (Lipinski definition) is 4. The van der Waals surface area contributed by atoms with Crippen molar-refractivity contribution in [2.45, 2.75) is 19.9 Å². The quantitative estimate of drug-likeness (QED) is 0.376. The molecule has 0 fully saturated rings. The first kappa shape index (κ1) is 18.8. The maximum absolute atomic E-state index is 5.92. The second kappa shape index (κ2) is 7.92. The van der Waals surface area contributed by atoms with Gasteiger partial charge >= 0.3 is 0 Å². The van der Waals surface area contributed by atoms with E-state index in [0.717, 1.165) is 28.1 Å². The van der Waals surface area contributed by atoms with Crippen LogP contribution in [0, 0.1) is 6.92 Å². The number of rotatable bonds is 6. The standard InChI is InChI=1S/C21H21N9O/c1-13-8-23-10-19(25-13)31-17-4-2-3-14(6-17)11-30-12-15(9-24-30)5-16-7-18(22)26-21-20(16)27-29-28-21/h2-4,6-10,12,27,29H,5,11H2,1H3,(H3,22,26,28). The summed E-state index contributed by atoms with van der Waals surface area (Å²) in [6.45, 7) is 2.50. The van der Waals surface area contributed by atoms with Crippen molar-refractivity contribution in [1.82, 2.24) is 30.3 Å². The Bertz CT molecular complexity index is 1240. The number of nitrogens with two attached hydrogens (primary N) is 1. The van der Waals surface area contributed by atoms with Crippen molar-refractivity contribution in [3.05, 3.63) is 77.5 Å². The summed E-state index contributed by atoms with van der Waals surface area (Å²) in [5, 5.41) is 4.50. The fraction of sp³-hybridized carbons (Fsp3) is 0.143. The van der Waals surface area contributed by atoms with Crippen molar-refractivity contribution >= 4 is 17.3 Å². The Balaban J connectivity index is 1.29. The van der Waals surface area contributed by atoms with Gasteiger partial charge in [-0.05, 0) is 41.8 Å². The Labute approximate surface area is 178 Å². The SMILES string of the molecule is Cc1cncc(Oc2cccc(Cn3cc(Cc4cc(N)nc5c4NNN5)cn3)c2)n1. The van der Waals surface area contributed by atoms with E-state index in [2.05, 4.69) is 36.4 Å². The molecule has 156 valence electrons. The molecule has 0 spiro atoms. The highest BCUT2D eigenvalue weighted by Crippen LogP contribution is 2.30. The van der Waals surface area contributed by atoms with Crippen LogP contribution in [0.2, 0.25) is 0 Å². The molecule has 1 aromatic carbocycles. The normalized spacial score (nSPS) is 12.2. The third kappa shape index (κ3) is 4.23. The number of benzene rings is 1. The number of pyridine rings is 1. The smallest absolute Gasteiger partial charge is 0.238 e. The molecule has 5 rings (SSSR count). The summed E-state index contributed by atoms with van der Waals surface area (Å²) >= 11 is 0. The third-order valence-corrected chi connectivity index (χ3v) is 4.77. The van der Waals surface area contributed by atoms with E-state index in [9.17, 15) is 0 Å². The van der Waals surface area contributed by atoms with Crippen LogP contribution in [0.5, 0.6) is 11.6 Å². The van der Waals surface area contributed by atoms with Gasteiger partial charge in [0, 0.05) is 18.8 Å². The fourth-order valence-electron chi connectivity index (χ4n) is 3.45. The number of hydrogen-bond acceptors (Lipinski definition) is 9. The Morgan fingerprint density at radius 2 is 2.00 bits per heavy atom. The van der Waals surface area contributed by atoms with E-state index in [1.807, 2.05) is 54.3 Å². The number of ether oxygens (including phenoxy) is 1. The highest BCUT2D eigenvalue weighted by atomic mass is 16.5. The number of hydrazine groups is 2. The molecule has 4 aromatic rings. The summed E-state index contributed by atoms with van der Waals surface area (Å²) in [6.07, 6.45) is 7.86. The highest BCUT2D eigenvalue weighted by molar-refractivity contribution is 5.74. The zero-order valence-electron chi connectivity index (χ0n) is 16.8. The van der Waals surface area contributed by atoms with Crippen molar-refractivity contribution < 1.29 is 4.74 Å². The minimum absolute atomic E-state index is 0.467. The average Bonchev–Trinajstić information content (AvgIpc) is 3.38. The van der Waals surface area contributed by atoms with E-state index in [4.69, 9.17) is 10.5 Å². The van der Waals surface area contributed by atoms with Gasteiger partial charge in [0.05, 0.1) is 30.3 Å². The fourth-order valence-corrected chi connectivity index (χ4v) is 3.45. The van der Waals surface area contributed by atoms with E-state index in [0.29, 0.717) is 36.2 Å². The summed E-state index contributed by atoms with van der Waals surface area (Å²) in [5.41, 5.74) is 19.6. The monoisotopic (exact) mass is 415 g/mol. The zero-order valence-corrected chi connectivity index (χ0v) is 16.8. The van der Waals surface area contributed by atoms with Gasteiger partial charge in [0.15, 0.2) is 5.82 Å². The number of nitrogens with zero attached hydrogens (tertiary/aromatic N) is 5. The minimum atomic E-state index is 0.467. The zero-order chi connectivity index (χ0) is 21.2. The van der Waals surface area contributed by atoms with Gasteiger partial charge in [0.1, 0.15) is 11.6 Å². The van der Waals surface area contributed by atoms with Gasteiger partial charge in [0.2, 0.25) is 5.88 Å². The van der Waals surface area contributed by atoms with Crippen LogP contribution >= 0.6 is 0 Å². The number of anilines is 3. The largest absolute Gasteiger partial charge is 0.437 e. The van der Waals surface area contributed by atoms with E-state index in [1.54, 1.807) is 12.4 Å². The molecule has 0 saturated carbocycles. The van der Waals surface area contributed by atoms with Crippen molar-refractivity contribution in [2.24, 2.45) is 0 Å². The van der Waals surface area contributed by atoms with Crippen LogP contribution in [0.4, 0.5) is 17.3 Å². The van der Waals surface area contributed by atoms with E-state index < -0.39 is 0 Å². The summed E-state index contributed by atoms with van der Waals surface area (Å²) in [6, 6.07) is 9.72. The van der Waals surface area contributed by atoms with Crippen molar-refractivity contribution in [3.8, 4) is 11.6 Å². The lowest BCUT2D eigenvalue weighted by molar-refractivity contribution is 0.457. The molecule has 0 saturated heterocycles. The number of fused-ring (bicyclic) bond motifs is 1. The molecule has 0 unspecified atom stereocenters. The lowest BCUT2D eigenvalue weighted by Crippen LogP contribution is -2.19. The molecule has 10 nitrogen and oxygen atoms in total. The topological polar surface area (TPSA) is 128 Å². The molecule has 0 aliphatic carbocycles. The van der Waals surface area contributed by atoms with Crippen LogP contribution in [0.3, 0.4) is 0 Å². The van der Waals surface area contributed by atoms with Gasteiger partial charge in [-0.3, -0.25) is 15.1 Å². The Morgan fingerprint density at radius 3 is 2.90 bits per heavy atom. The second-order valence-electron chi connectivity index (χ2n) is 7.28. The van der Waals surface area contributed by atoms with Gasteiger partial charge in [0.25, 0.3) is 0 Å². The van der Waals surface area contributed by atoms with Crippen LogP contribution in [0.1, 0.15) is 22.4 Å². The summed E-state index contributed by atoms with van der Waals surface area (Å²) < 4.78 is 7.73. The first-order valence-corrected chi connectivity index (χ1v) is 9.75. The van der Waals surface area contributed by atoms with Gasteiger partial charge < -0.3 is 15.9 Å². The molecule has 10 heteroatoms. The van der Waals surface area contributed by atoms with Gasteiger partial charge in [-0.1, -0.05) is 12.1 Å². The van der Waals surface area contributed by atoms with Crippen molar-refractivity contribution in [3.63, 3.8) is 0 Å². The highest BCUT2D eigenvalue weighted by Gasteiger charge is 2.17. The van der Waals surface area contributed by atoms with Gasteiger partial charge in [-0.15, -0.1) is 5.53 Å². The van der Waals surface area contributed by atoms with Gasteiger partial charge in [-0.2, -0.15) is 5.10 Å². The molecular formula is C21H21N9O. The maximum Gasteiger partial charge on any atom is 0.238 e. The van der Waals surface area contributed by atoms with Crippen LogP contribution in [-0.4, -0.2) is 24.7 Å². The molecular weight excluding hydrogens is 394 g/mol. The second-order valence-corrected chi connectivity index (χ2v) is 7.28. The molecule has 31 heavy (non-hydrogen) atoms. The predicted molar refractivity (Wildman–Crippen MR) is 116 cm³/mol. The number of nitrogens with one attached hydrogen (secondary N) is 3. The Kier molecular flexibility index (Phi) is 4.81. The predicted octanol–water partition coefficient (Wildman–Crippen LogP) is 2.65. The molecule has 3 aromatic heterocycles. The number of aromatic nitrogens is 5. The summed E-state index contributed by atoms with van der Waals surface area (Å²) in [5.74, 6) is 2.34. The first-order chi connectivity index (χ1) is 15.1. The van der Waals surface area contributed by atoms with Crippen LogP contribution in [-0.2, 0) is 13.0 Å². The molecule has 0 bridgehead atoms. The van der Waals surface area contributed by atoms with Crippen LogP contribution < -0.4 is 26.9 Å². The van der Waals surface area contributed by atoms with Gasteiger partial charge in [-0.25, -0.2) is 9.97 Å². The van der Waals surface area contributed by atoms with Crippen molar-refractivity contribution in [1.29, 1.82) is 0 Å². The summed E-state index contributed by atoms with van der Waals surface area (Å²) in [4.78, 5) is 12.7. The molecule has 4 heterocycles. The van der Waals surface area contributed by atoms with E-state index in [1.165, 1.54) is 0 Å². The number of nitrogen functional groups attached to an aromatic ring is 1.